The molecule has 16 heavy (non-hydrogen) atoms. The van der Waals surface area contributed by atoms with E-state index in [0.29, 0.717) is 11.4 Å². The largest absolute Gasteiger partial charge is 0.477 e. The van der Waals surface area contributed by atoms with Crippen LogP contribution in [0, 0.1) is 5.92 Å². The number of carbonyl (C=O) groups excluding carboxylic acids is 1. The van der Waals surface area contributed by atoms with E-state index in [4.69, 9.17) is 5.11 Å². The summed E-state index contributed by atoms with van der Waals surface area (Å²) in [5, 5.41) is 11.6. The lowest BCUT2D eigenvalue weighted by Gasteiger charge is -2.23. The molecule has 0 aliphatic heterocycles. The molecule has 0 unspecified atom stereocenters. The van der Waals surface area contributed by atoms with Crippen LogP contribution in [0.25, 0.3) is 0 Å². The van der Waals surface area contributed by atoms with Crippen molar-refractivity contribution in [3.05, 3.63) is 21.9 Å². The molecule has 1 aliphatic rings. The summed E-state index contributed by atoms with van der Waals surface area (Å²) in [6.07, 6.45) is 3.10. The molecule has 4 nitrogen and oxygen atoms in total. The summed E-state index contributed by atoms with van der Waals surface area (Å²) in [4.78, 5) is 23.3. The predicted octanol–water partition coefficient (Wildman–Crippen LogP) is 1.86. The number of carboxylic acids is 1. The van der Waals surface area contributed by atoms with Crippen molar-refractivity contribution in [2.75, 3.05) is 0 Å². The topological polar surface area (TPSA) is 66.4 Å². The van der Waals surface area contributed by atoms with Crippen LogP contribution in [0.5, 0.6) is 0 Å². The van der Waals surface area contributed by atoms with Gasteiger partial charge in [-0.3, -0.25) is 4.79 Å². The lowest BCUT2D eigenvalue weighted by atomic mass is 9.85. The standard InChI is InChI=1S/C11H13NO3S/c13-10(7-2-1-3-7)12-6-8-4-5-9(16-8)11(14)15/h4-5,7H,1-3,6H2,(H,12,13)(H,14,15). The van der Waals surface area contributed by atoms with Gasteiger partial charge in [-0.15, -0.1) is 11.3 Å². The minimum Gasteiger partial charge on any atom is -0.477 e. The first-order valence-electron chi connectivity index (χ1n) is 5.26. The average Bonchev–Trinajstić information content (AvgIpc) is 2.60. The summed E-state index contributed by atoms with van der Waals surface area (Å²) < 4.78 is 0. The number of thiophene rings is 1. The Hall–Kier alpha value is -1.36. The van der Waals surface area contributed by atoms with Gasteiger partial charge in [0.2, 0.25) is 5.91 Å². The maximum absolute atomic E-state index is 11.5. The van der Waals surface area contributed by atoms with Crippen molar-refractivity contribution in [3.8, 4) is 0 Å². The molecule has 2 rings (SSSR count). The Morgan fingerprint density at radius 1 is 1.44 bits per heavy atom. The molecule has 1 aliphatic carbocycles. The highest BCUT2D eigenvalue weighted by Crippen LogP contribution is 2.26. The van der Waals surface area contributed by atoms with Gasteiger partial charge < -0.3 is 10.4 Å². The second-order valence-corrected chi connectivity index (χ2v) is 5.09. The molecule has 0 radical (unpaired) electrons. The molecule has 1 aromatic heterocycles. The van der Waals surface area contributed by atoms with Crippen molar-refractivity contribution in [1.82, 2.24) is 5.32 Å². The quantitative estimate of drug-likeness (QED) is 0.842. The second kappa shape index (κ2) is 4.65. The van der Waals surface area contributed by atoms with E-state index in [2.05, 4.69) is 5.32 Å². The van der Waals surface area contributed by atoms with Crippen molar-refractivity contribution in [1.29, 1.82) is 0 Å². The number of rotatable bonds is 4. The van der Waals surface area contributed by atoms with Crippen LogP contribution in [-0.2, 0) is 11.3 Å². The first-order chi connectivity index (χ1) is 7.66. The van der Waals surface area contributed by atoms with Gasteiger partial charge in [0, 0.05) is 10.8 Å². The number of carbonyl (C=O) groups is 2. The molecule has 0 bridgehead atoms. The lowest BCUT2D eigenvalue weighted by molar-refractivity contribution is -0.127. The van der Waals surface area contributed by atoms with Gasteiger partial charge in [0.25, 0.3) is 0 Å². The number of amides is 1. The number of carboxylic acid groups (broad SMARTS) is 1. The van der Waals surface area contributed by atoms with Crippen molar-refractivity contribution in [3.63, 3.8) is 0 Å². The van der Waals surface area contributed by atoms with Gasteiger partial charge >= 0.3 is 5.97 Å². The number of hydrogen-bond acceptors (Lipinski definition) is 3. The predicted molar refractivity (Wildman–Crippen MR) is 60.5 cm³/mol. The van der Waals surface area contributed by atoms with E-state index in [1.807, 2.05) is 0 Å². The minimum absolute atomic E-state index is 0.0940. The molecule has 86 valence electrons. The van der Waals surface area contributed by atoms with Gasteiger partial charge in [-0.2, -0.15) is 0 Å². The molecule has 0 saturated heterocycles. The molecule has 1 fully saturated rings. The van der Waals surface area contributed by atoms with Gasteiger partial charge in [0.1, 0.15) is 4.88 Å². The highest BCUT2D eigenvalue weighted by molar-refractivity contribution is 7.13. The van der Waals surface area contributed by atoms with Crippen LogP contribution in [-0.4, -0.2) is 17.0 Å². The summed E-state index contributed by atoms with van der Waals surface area (Å²) in [5.41, 5.74) is 0. The van der Waals surface area contributed by atoms with E-state index in [-0.39, 0.29) is 11.8 Å². The Balaban J connectivity index is 1.84. The number of hydrogen-bond donors (Lipinski definition) is 2. The molecule has 1 amide bonds. The molecule has 1 saturated carbocycles. The Kier molecular flexibility index (Phi) is 3.24. The van der Waals surface area contributed by atoms with E-state index in [1.54, 1.807) is 12.1 Å². The van der Waals surface area contributed by atoms with Crippen LogP contribution in [0.15, 0.2) is 12.1 Å². The van der Waals surface area contributed by atoms with Gasteiger partial charge in [-0.1, -0.05) is 6.42 Å². The Labute approximate surface area is 97.3 Å². The SMILES string of the molecule is O=C(O)c1ccc(CNC(=O)C2CCC2)s1. The molecular weight excluding hydrogens is 226 g/mol. The number of aromatic carboxylic acids is 1. The van der Waals surface area contributed by atoms with E-state index in [9.17, 15) is 9.59 Å². The van der Waals surface area contributed by atoms with Gasteiger partial charge in [-0.05, 0) is 25.0 Å². The smallest absolute Gasteiger partial charge is 0.345 e. The zero-order valence-corrected chi connectivity index (χ0v) is 9.55. The van der Waals surface area contributed by atoms with Crippen LogP contribution < -0.4 is 5.32 Å². The zero-order valence-electron chi connectivity index (χ0n) is 8.73. The third kappa shape index (κ3) is 2.41. The molecule has 1 heterocycles. The fourth-order valence-corrected chi connectivity index (χ4v) is 2.36. The first-order valence-corrected chi connectivity index (χ1v) is 6.08. The summed E-state index contributed by atoms with van der Waals surface area (Å²) in [6.45, 7) is 0.438. The van der Waals surface area contributed by atoms with E-state index >= 15 is 0 Å². The minimum atomic E-state index is -0.915. The molecule has 0 spiro atoms. The second-order valence-electron chi connectivity index (χ2n) is 3.92. The average molecular weight is 239 g/mol. The highest BCUT2D eigenvalue weighted by atomic mass is 32.1. The van der Waals surface area contributed by atoms with Crippen LogP contribution in [0.2, 0.25) is 0 Å². The highest BCUT2D eigenvalue weighted by Gasteiger charge is 2.24. The zero-order chi connectivity index (χ0) is 11.5. The van der Waals surface area contributed by atoms with Gasteiger partial charge in [-0.25, -0.2) is 4.79 Å². The van der Waals surface area contributed by atoms with Crippen molar-refractivity contribution < 1.29 is 14.7 Å². The third-order valence-corrected chi connectivity index (χ3v) is 3.86. The van der Waals surface area contributed by atoms with E-state index < -0.39 is 5.97 Å². The first kappa shape index (κ1) is 11.1. The van der Waals surface area contributed by atoms with Crippen molar-refractivity contribution in [2.24, 2.45) is 5.92 Å². The normalized spacial score (nSPS) is 15.5. The maximum atomic E-state index is 11.5. The van der Waals surface area contributed by atoms with Crippen molar-refractivity contribution in [2.45, 2.75) is 25.8 Å². The molecular formula is C11H13NO3S. The monoisotopic (exact) mass is 239 g/mol. The molecule has 0 aromatic carbocycles. The Morgan fingerprint density at radius 3 is 2.69 bits per heavy atom. The fraction of sp³-hybridized carbons (Fsp3) is 0.455. The van der Waals surface area contributed by atoms with Crippen LogP contribution in [0.4, 0.5) is 0 Å². The fourth-order valence-electron chi connectivity index (χ4n) is 1.58. The summed E-state index contributed by atoms with van der Waals surface area (Å²) >= 11 is 1.21. The van der Waals surface area contributed by atoms with Gasteiger partial charge in [0.15, 0.2) is 0 Å². The third-order valence-electron chi connectivity index (χ3n) is 2.79. The van der Waals surface area contributed by atoms with Crippen LogP contribution >= 0.6 is 11.3 Å². The van der Waals surface area contributed by atoms with Crippen LogP contribution in [0.1, 0.15) is 33.8 Å². The Bertz CT molecular complexity index is 409. The molecule has 0 atom stereocenters. The summed E-state index contributed by atoms with van der Waals surface area (Å²) in [6, 6.07) is 3.31. The summed E-state index contributed by atoms with van der Waals surface area (Å²) in [5.74, 6) is -0.642. The number of nitrogens with one attached hydrogen (secondary N) is 1. The molecule has 5 heteroatoms. The molecule has 2 N–H and O–H groups in total. The van der Waals surface area contributed by atoms with Gasteiger partial charge in [0.05, 0.1) is 6.54 Å². The van der Waals surface area contributed by atoms with E-state index in [1.165, 1.54) is 11.3 Å². The lowest BCUT2D eigenvalue weighted by Crippen LogP contribution is -2.33. The summed E-state index contributed by atoms with van der Waals surface area (Å²) in [7, 11) is 0. The van der Waals surface area contributed by atoms with Crippen molar-refractivity contribution >= 4 is 23.2 Å². The Morgan fingerprint density at radius 2 is 2.19 bits per heavy atom. The van der Waals surface area contributed by atoms with Crippen LogP contribution in [0.3, 0.4) is 0 Å². The van der Waals surface area contributed by atoms with E-state index in [0.717, 1.165) is 24.1 Å². The molecule has 1 aromatic rings. The maximum Gasteiger partial charge on any atom is 0.345 e.